The van der Waals surface area contributed by atoms with E-state index in [9.17, 15) is 0 Å². The molecule has 0 aromatic rings. The Balaban J connectivity index is 2.92. The zero-order chi connectivity index (χ0) is 11.4. The van der Waals surface area contributed by atoms with Gasteiger partial charge in [0.05, 0.1) is 0 Å². The van der Waals surface area contributed by atoms with Crippen molar-refractivity contribution in [2.24, 2.45) is 0 Å². The van der Waals surface area contributed by atoms with E-state index >= 15 is 0 Å². The van der Waals surface area contributed by atoms with Gasteiger partial charge in [-0.15, -0.1) is 0 Å². The second kappa shape index (κ2) is 12.4. The molecule has 0 radical (unpaired) electrons. The number of hydrogen-bond donors (Lipinski definition) is 1. The van der Waals surface area contributed by atoms with Crippen molar-refractivity contribution >= 4 is 12.6 Å². The second-order valence-electron chi connectivity index (χ2n) is 4.68. The Morgan fingerprint density at radius 1 is 0.733 bits per heavy atom. The van der Waals surface area contributed by atoms with E-state index in [1.165, 1.54) is 70.6 Å². The first kappa shape index (κ1) is 15.3. The molecule has 0 saturated carbocycles. The lowest BCUT2D eigenvalue weighted by atomic mass is 10.1. The van der Waals surface area contributed by atoms with Gasteiger partial charge in [-0.05, 0) is 12.8 Å². The fraction of sp³-hybridized carbons (Fsp3) is 1.00. The molecular formula is C14H30S. The van der Waals surface area contributed by atoms with Crippen molar-refractivity contribution in [3.8, 4) is 0 Å². The highest BCUT2D eigenvalue weighted by atomic mass is 32.1. The SMILES string of the molecule is CCCCCCCCCCCC(S)CC. The molecule has 0 fully saturated rings. The molecule has 0 heterocycles. The smallest absolute Gasteiger partial charge is 0.00141 e. The van der Waals surface area contributed by atoms with E-state index in [4.69, 9.17) is 0 Å². The van der Waals surface area contributed by atoms with Crippen molar-refractivity contribution in [2.45, 2.75) is 89.7 Å². The van der Waals surface area contributed by atoms with Crippen LogP contribution in [0, 0.1) is 0 Å². The van der Waals surface area contributed by atoms with Gasteiger partial charge in [-0.25, -0.2) is 0 Å². The normalized spacial score (nSPS) is 13.0. The molecule has 0 aromatic heterocycles. The largest absolute Gasteiger partial charge is 0.176 e. The van der Waals surface area contributed by atoms with Gasteiger partial charge in [-0.2, -0.15) is 12.6 Å². The molecule has 0 spiro atoms. The molecule has 0 rings (SSSR count). The van der Waals surface area contributed by atoms with Gasteiger partial charge < -0.3 is 0 Å². The molecule has 0 bridgehead atoms. The summed E-state index contributed by atoms with van der Waals surface area (Å²) in [6.07, 6.45) is 15.4. The molecule has 0 aliphatic heterocycles. The lowest BCUT2D eigenvalue weighted by Crippen LogP contribution is -1.95. The van der Waals surface area contributed by atoms with Gasteiger partial charge in [0, 0.05) is 5.25 Å². The van der Waals surface area contributed by atoms with Crippen LogP contribution < -0.4 is 0 Å². The maximum atomic E-state index is 4.51. The fourth-order valence-corrected chi connectivity index (χ4v) is 2.08. The summed E-state index contributed by atoms with van der Waals surface area (Å²) in [5.74, 6) is 0. The minimum Gasteiger partial charge on any atom is -0.176 e. The van der Waals surface area contributed by atoms with Gasteiger partial charge in [-0.3, -0.25) is 0 Å². The van der Waals surface area contributed by atoms with Crippen LogP contribution in [0.25, 0.3) is 0 Å². The second-order valence-corrected chi connectivity index (χ2v) is 5.41. The van der Waals surface area contributed by atoms with Gasteiger partial charge in [-0.1, -0.05) is 71.6 Å². The molecule has 1 unspecified atom stereocenters. The van der Waals surface area contributed by atoms with Gasteiger partial charge in [0.25, 0.3) is 0 Å². The third-order valence-corrected chi connectivity index (χ3v) is 3.74. The van der Waals surface area contributed by atoms with Crippen molar-refractivity contribution in [1.82, 2.24) is 0 Å². The highest BCUT2D eigenvalue weighted by Crippen LogP contribution is 2.14. The van der Waals surface area contributed by atoms with E-state index in [0.29, 0.717) is 5.25 Å². The Labute approximate surface area is 103 Å². The van der Waals surface area contributed by atoms with E-state index in [-0.39, 0.29) is 0 Å². The minimum absolute atomic E-state index is 0.648. The number of hydrogen-bond acceptors (Lipinski definition) is 1. The molecule has 0 N–H and O–H groups in total. The maximum Gasteiger partial charge on any atom is 0.00141 e. The topological polar surface area (TPSA) is 0 Å². The summed E-state index contributed by atoms with van der Waals surface area (Å²) in [5.41, 5.74) is 0. The monoisotopic (exact) mass is 230 g/mol. The average Bonchev–Trinajstić information content (AvgIpc) is 2.26. The van der Waals surface area contributed by atoms with Crippen LogP contribution in [0.3, 0.4) is 0 Å². The third kappa shape index (κ3) is 12.3. The van der Waals surface area contributed by atoms with E-state index in [0.717, 1.165) is 0 Å². The standard InChI is InChI=1S/C14H30S/c1-3-5-6-7-8-9-10-11-12-13-14(15)4-2/h14-15H,3-13H2,1-2H3. The number of unbranched alkanes of at least 4 members (excludes halogenated alkanes) is 8. The molecule has 15 heavy (non-hydrogen) atoms. The average molecular weight is 230 g/mol. The molecule has 0 aliphatic carbocycles. The van der Waals surface area contributed by atoms with Crippen LogP contribution in [-0.4, -0.2) is 5.25 Å². The Morgan fingerprint density at radius 2 is 1.20 bits per heavy atom. The van der Waals surface area contributed by atoms with Crippen molar-refractivity contribution < 1.29 is 0 Å². The van der Waals surface area contributed by atoms with Crippen LogP contribution in [0.2, 0.25) is 0 Å². The van der Waals surface area contributed by atoms with Gasteiger partial charge in [0.1, 0.15) is 0 Å². The van der Waals surface area contributed by atoms with Gasteiger partial charge in [0.2, 0.25) is 0 Å². The summed E-state index contributed by atoms with van der Waals surface area (Å²) in [4.78, 5) is 0. The van der Waals surface area contributed by atoms with Gasteiger partial charge in [0.15, 0.2) is 0 Å². The van der Waals surface area contributed by atoms with Crippen LogP contribution in [0.4, 0.5) is 0 Å². The predicted molar refractivity (Wildman–Crippen MR) is 74.9 cm³/mol. The van der Waals surface area contributed by atoms with Crippen LogP contribution in [0.5, 0.6) is 0 Å². The summed E-state index contributed by atoms with van der Waals surface area (Å²) in [6, 6.07) is 0. The summed E-state index contributed by atoms with van der Waals surface area (Å²) in [5, 5.41) is 0.648. The van der Waals surface area contributed by atoms with E-state index in [1.54, 1.807) is 0 Å². The van der Waals surface area contributed by atoms with E-state index < -0.39 is 0 Å². The molecule has 1 heteroatoms. The van der Waals surface area contributed by atoms with Crippen LogP contribution in [-0.2, 0) is 0 Å². The summed E-state index contributed by atoms with van der Waals surface area (Å²) < 4.78 is 0. The zero-order valence-corrected chi connectivity index (χ0v) is 11.7. The minimum atomic E-state index is 0.648. The van der Waals surface area contributed by atoms with Gasteiger partial charge >= 0.3 is 0 Å². The van der Waals surface area contributed by atoms with Crippen molar-refractivity contribution in [1.29, 1.82) is 0 Å². The van der Waals surface area contributed by atoms with E-state index in [2.05, 4.69) is 26.5 Å². The molecule has 92 valence electrons. The lowest BCUT2D eigenvalue weighted by Gasteiger charge is -2.06. The highest BCUT2D eigenvalue weighted by Gasteiger charge is 1.98. The summed E-state index contributed by atoms with van der Waals surface area (Å²) >= 11 is 4.51. The highest BCUT2D eigenvalue weighted by molar-refractivity contribution is 7.80. The van der Waals surface area contributed by atoms with E-state index in [1.807, 2.05) is 0 Å². The van der Waals surface area contributed by atoms with Crippen molar-refractivity contribution in [3.63, 3.8) is 0 Å². The molecule has 0 nitrogen and oxygen atoms in total. The third-order valence-electron chi connectivity index (χ3n) is 3.11. The fourth-order valence-electron chi connectivity index (χ4n) is 1.89. The van der Waals surface area contributed by atoms with Crippen molar-refractivity contribution in [2.75, 3.05) is 0 Å². The van der Waals surface area contributed by atoms with Crippen molar-refractivity contribution in [3.05, 3.63) is 0 Å². The molecule has 0 aromatic carbocycles. The molecule has 0 aliphatic rings. The number of thiol groups is 1. The molecular weight excluding hydrogens is 200 g/mol. The number of rotatable bonds is 11. The Bertz CT molecular complexity index is 112. The van der Waals surface area contributed by atoms with Crippen LogP contribution >= 0.6 is 12.6 Å². The lowest BCUT2D eigenvalue weighted by molar-refractivity contribution is 0.551. The Hall–Kier alpha value is 0.350. The first-order valence-corrected chi connectivity index (χ1v) is 7.51. The first-order valence-electron chi connectivity index (χ1n) is 6.99. The summed E-state index contributed by atoms with van der Waals surface area (Å²) in [7, 11) is 0. The quantitative estimate of drug-likeness (QED) is 0.346. The summed E-state index contributed by atoms with van der Waals surface area (Å²) in [6.45, 7) is 4.51. The zero-order valence-electron chi connectivity index (χ0n) is 10.8. The Morgan fingerprint density at radius 3 is 1.67 bits per heavy atom. The maximum absolute atomic E-state index is 4.51. The molecule has 0 amide bonds. The first-order chi connectivity index (χ1) is 7.31. The predicted octanol–water partition coefficient (Wildman–Crippen LogP) is 5.62. The van der Waals surface area contributed by atoms with Crippen LogP contribution in [0.15, 0.2) is 0 Å². The molecule has 0 saturated heterocycles. The Kier molecular flexibility index (Phi) is 12.7. The van der Waals surface area contributed by atoms with Crippen LogP contribution in [0.1, 0.15) is 84.5 Å². The molecule has 1 atom stereocenters.